The van der Waals surface area contributed by atoms with Crippen molar-refractivity contribution in [1.29, 1.82) is 0 Å². The summed E-state index contributed by atoms with van der Waals surface area (Å²) in [7, 11) is 0. The van der Waals surface area contributed by atoms with Crippen molar-refractivity contribution in [3.63, 3.8) is 0 Å². The van der Waals surface area contributed by atoms with Gasteiger partial charge in [0.15, 0.2) is 11.6 Å². The van der Waals surface area contributed by atoms with Crippen LogP contribution in [0.3, 0.4) is 0 Å². The van der Waals surface area contributed by atoms with Gasteiger partial charge in [-0.15, -0.1) is 0 Å². The maximum atomic E-state index is 12.8. The number of hydrogen-bond donors (Lipinski definition) is 2. The first-order valence-electron chi connectivity index (χ1n) is 12.2. The quantitative estimate of drug-likeness (QED) is 0.412. The van der Waals surface area contributed by atoms with E-state index in [9.17, 15) is 19.2 Å². The Hall–Kier alpha value is -3.68. The van der Waals surface area contributed by atoms with Crippen molar-refractivity contribution in [2.24, 2.45) is 11.8 Å². The van der Waals surface area contributed by atoms with Gasteiger partial charge in [0, 0.05) is 12.8 Å². The van der Waals surface area contributed by atoms with Crippen molar-refractivity contribution in [2.75, 3.05) is 0 Å². The van der Waals surface area contributed by atoms with Gasteiger partial charge in [-0.3, -0.25) is 9.59 Å². The molecule has 0 heterocycles. The van der Waals surface area contributed by atoms with Crippen LogP contribution in [0.25, 0.3) is 0 Å². The number of Topliss-reactive ketones (excluding diaryl/α,β-unsaturated/α-hetero) is 2. The average Bonchev–Trinajstić information content (AvgIpc) is 2.87. The fraction of sp³-hybridized carbons (Fsp3) is 0.429. The number of nitrogens with one attached hydrogen (secondary N) is 2. The van der Waals surface area contributed by atoms with Gasteiger partial charge in [0.05, 0.1) is 12.1 Å². The SMILES string of the molecule is CC(C)[C@H](NC(=O)OCc1ccccc1)C(=O)CCC(=O)[C@@H](NC(=O)OCc1ccccc1)C(C)C. The Kier molecular flexibility index (Phi) is 11.6. The Balaban J connectivity index is 1.84. The van der Waals surface area contributed by atoms with E-state index < -0.39 is 24.3 Å². The van der Waals surface area contributed by atoms with Crippen LogP contribution in [0.5, 0.6) is 0 Å². The van der Waals surface area contributed by atoms with Crippen molar-refractivity contribution in [2.45, 2.75) is 65.8 Å². The summed E-state index contributed by atoms with van der Waals surface area (Å²) in [6.45, 7) is 7.41. The van der Waals surface area contributed by atoms with Gasteiger partial charge in [-0.05, 0) is 23.0 Å². The van der Waals surface area contributed by atoms with E-state index in [1.807, 2.05) is 88.4 Å². The number of carbonyl (C=O) groups is 4. The molecular formula is C28H36N2O6. The Morgan fingerprint density at radius 3 is 1.25 bits per heavy atom. The van der Waals surface area contributed by atoms with E-state index in [1.165, 1.54) is 0 Å². The summed E-state index contributed by atoms with van der Waals surface area (Å²) in [5.74, 6) is -0.930. The monoisotopic (exact) mass is 496 g/mol. The summed E-state index contributed by atoms with van der Waals surface area (Å²) in [4.78, 5) is 50.2. The standard InChI is InChI=1S/C28H36N2O6/c1-19(2)25(29-27(33)35-17-21-11-7-5-8-12-21)23(31)15-16-24(32)26(20(3)4)30-28(34)36-18-22-13-9-6-10-14-22/h5-14,19-20,25-26H,15-18H2,1-4H3,(H,29,33)(H,30,34)/t25-,26-/m0/s1. The molecular weight excluding hydrogens is 460 g/mol. The Morgan fingerprint density at radius 2 is 0.944 bits per heavy atom. The topological polar surface area (TPSA) is 111 Å². The molecule has 194 valence electrons. The molecule has 8 nitrogen and oxygen atoms in total. The second kappa shape index (κ2) is 14.7. The molecule has 2 aromatic rings. The van der Waals surface area contributed by atoms with E-state index in [0.29, 0.717) is 0 Å². The highest BCUT2D eigenvalue weighted by Crippen LogP contribution is 2.12. The summed E-state index contributed by atoms with van der Waals surface area (Å²) in [6, 6.07) is 16.9. The second-order valence-electron chi connectivity index (χ2n) is 9.29. The molecule has 2 N–H and O–H groups in total. The summed E-state index contributed by atoms with van der Waals surface area (Å²) >= 11 is 0. The summed E-state index contributed by atoms with van der Waals surface area (Å²) < 4.78 is 10.4. The second-order valence-corrected chi connectivity index (χ2v) is 9.29. The molecule has 0 saturated heterocycles. The van der Waals surface area contributed by atoms with Gasteiger partial charge in [0.2, 0.25) is 0 Å². The van der Waals surface area contributed by atoms with Gasteiger partial charge in [0.1, 0.15) is 13.2 Å². The predicted molar refractivity (Wildman–Crippen MR) is 136 cm³/mol. The number of carbonyl (C=O) groups excluding carboxylic acids is 4. The predicted octanol–water partition coefficient (Wildman–Crippen LogP) is 4.81. The van der Waals surface area contributed by atoms with E-state index >= 15 is 0 Å². The molecule has 0 unspecified atom stereocenters. The number of amides is 2. The maximum Gasteiger partial charge on any atom is 0.408 e. The molecule has 0 aromatic heterocycles. The first-order chi connectivity index (χ1) is 17.2. The lowest BCUT2D eigenvalue weighted by molar-refractivity contribution is -0.127. The minimum atomic E-state index is -0.789. The lowest BCUT2D eigenvalue weighted by Crippen LogP contribution is -2.46. The van der Waals surface area contributed by atoms with Gasteiger partial charge in [0.25, 0.3) is 0 Å². The van der Waals surface area contributed by atoms with E-state index in [-0.39, 0.29) is 49.5 Å². The van der Waals surface area contributed by atoms with Crippen molar-refractivity contribution >= 4 is 23.8 Å². The number of ether oxygens (including phenoxy) is 2. The normalized spacial score (nSPS) is 12.5. The van der Waals surface area contributed by atoms with Crippen molar-refractivity contribution < 1.29 is 28.7 Å². The minimum Gasteiger partial charge on any atom is -0.445 e. The smallest absolute Gasteiger partial charge is 0.408 e. The number of hydrogen-bond acceptors (Lipinski definition) is 6. The molecule has 2 rings (SSSR count). The first-order valence-corrected chi connectivity index (χ1v) is 12.2. The highest BCUT2D eigenvalue weighted by molar-refractivity contribution is 5.93. The number of rotatable bonds is 13. The van der Waals surface area contributed by atoms with E-state index in [1.54, 1.807) is 0 Å². The third-order valence-electron chi connectivity index (χ3n) is 5.62. The summed E-state index contributed by atoms with van der Waals surface area (Å²) in [5, 5.41) is 5.23. The fourth-order valence-electron chi connectivity index (χ4n) is 3.58. The zero-order valence-electron chi connectivity index (χ0n) is 21.4. The highest BCUT2D eigenvalue weighted by Gasteiger charge is 2.28. The molecule has 0 saturated carbocycles. The van der Waals surface area contributed by atoms with Crippen molar-refractivity contribution in [3.8, 4) is 0 Å². The van der Waals surface area contributed by atoms with Crippen LogP contribution in [0.4, 0.5) is 9.59 Å². The molecule has 0 radical (unpaired) electrons. The molecule has 8 heteroatoms. The lowest BCUT2D eigenvalue weighted by Gasteiger charge is -2.23. The zero-order valence-corrected chi connectivity index (χ0v) is 21.4. The largest absolute Gasteiger partial charge is 0.445 e. The molecule has 0 bridgehead atoms. The fourth-order valence-corrected chi connectivity index (χ4v) is 3.58. The van der Waals surface area contributed by atoms with Crippen LogP contribution in [-0.4, -0.2) is 35.8 Å². The minimum absolute atomic E-state index is 0.0649. The van der Waals surface area contributed by atoms with E-state index in [0.717, 1.165) is 11.1 Å². The maximum absolute atomic E-state index is 12.8. The summed E-state index contributed by atoms with van der Waals surface area (Å²) in [6.07, 6.45) is -1.52. The molecule has 0 aliphatic carbocycles. The van der Waals surface area contributed by atoms with Crippen molar-refractivity contribution in [1.82, 2.24) is 10.6 Å². The Morgan fingerprint density at radius 1 is 0.611 bits per heavy atom. The first kappa shape index (κ1) is 28.6. The van der Waals surface area contributed by atoms with Gasteiger partial charge in [-0.25, -0.2) is 9.59 Å². The number of benzene rings is 2. The molecule has 2 atom stereocenters. The van der Waals surface area contributed by atoms with Crippen molar-refractivity contribution in [3.05, 3.63) is 71.8 Å². The van der Waals surface area contributed by atoms with Crippen LogP contribution in [0.15, 0.2) is 60.7 Å². The molecule has 0 aliphatic rings. The van der Waals surface area contributed by atoms with Crippen LogP contribution in [0.2, 0.25) is 0 Å². The molecule has 2 amide bonds. The van der Waals surface area contributed by atoms with Crippen LogP contribution in [0, 0.1) is 11.8 Å². The number of ketones is 2. The van der Waals surface area contributed by atoms with Crippen LogP contribution in [0.1, 0.15) is 51.7 Å². The Labute approximate surface area is 212 Å². The molecule has 0 fully saturated rings. The van der Waals surface area contributed by atoms with Crippen LogP contribution >= 0.6 is 0 Å². The van der Waals surface area contributed by atoms with Gasteiger partial charge in [-0.1, -0.05) is 88.4 Å². The van der Waals surface area contributed by atoms with E-state index in [4.69, 9.17) is 9.47 Å². The van der Waals surface area contributed by atoms with E-state index in [2.05, 4.69) is 10.6 Å². The van der Waals surface area contributed by atoms with Gasteiger partial charge >= 0.3 is 12.2 Å². The number of alkyl carbamates (subject to hydrolysis) is 2. The summed E-state index contributed by atoms with van der Waals surface area (Å²) in [5.41, 5.74) is 1.67. The van der Waals surface area contributed by atoms with Gasteiger partial charge in [-0.2, -0.15) is 0 Å². The molecule has 0 spiro atoms. The lowest BCUT2D eigenvalue weighted by atomic mass is 9.92. The third-order valence-corrected chi connectivity index (χ3v) is 5.62. The molecule has 0 aliphatic heterocycles. The van der Waals surface area contributed by atoms with Gasteiger partial charge < -0.3 is 20.1 Å². The van der Waals surface area contributed by atoms with Crippen LogP contribution < -0.4 is 10.6 Å². The molecule has 2 aromatic carbocycles. The average molecular weight is 497 g/mol. The Bertz CT molecular complexity index is 910. The van der Waals surface area contributed by atoms with Crippen LogP contribution in [-0.2, 0) is 32.3 Å². The molecule has 36 heavy (non-hydrogen) atoms. The third kappa shape index (κ3) is 9.90. The highest BCUT2D eigenvalue weighted by atomic mass is 16.6. The zero-order chi connectivity index (χ0) is 26.5.